The summed E-state index contributed by atoms with van der Waals surface area (Å²) in [6.07, 6.45) is 6.27. The number of aliphatic imine (C=N–C) groups is 1. The Balaban J connectivity index is 4.45. The van der Waals surface area contributed by atoms with Crippen LogP contribution in [0.5, 0.6) is 0 Å². The molecule has 0 aliphatic carbocycles. The van der Waals surface area contributed by atoms with Crippen LogP contribution in [-0.2, 0) is 4.79 Å². The number of carboxylic acid groups (broad SMARTS) is 1. The van der Waals surface area contributed by atoms with Crippen molar-refractivity contribution in [3.8, 4) is 0 Å². The molecule has 0 rings (SSSR count). The van der Waals surface area contributed by atoms with Crippen LogP contribution in [0, 0.1) is 0 Å². The molecule has 60 valence electrons. The van der Waals surface area contributed by atoms with Gasteiger partial charge in [-0.05, 0) is 19.9 Å². The van der Waals surface area contributed by atoms with Crippen molar-refractivity contribution < 1.29 is 9.90 Å². The van der Waals surface area contributed by atoms with Gasteiger partial charge < -0.3 is 5.11 Å². The van der Waals surface area contributed by atoms with Crippen LogP contribution in [0.15, 0.2) is 28.9 Å². The lowest BCUT2D eigenvalue weighted by molar-refractivity contribution is -0.132. The second-order valence-electron chi connectivity index (χ2n) is 1.77. The molecule has 0 aromatic heterocycles. The average molecular weight is 153 g/mol. The Morgan fingerprint density at radius 3 is 2.45 bits per heavy atom. The summed E-state index contributed by atoms with van der Waals surface area (Å²) in [5.74, 6) is -1.01. The maximum Gasteiger partial charge on any atom is 0.354 e. The minimum Gasteiger partial charge on any atom is -0.477 e. The molecule has 3 nitrogen and oxygen atoms in total. The number of rotatable bonds is 3. The Morgan fingerprint density at radius 1 is 1.45 bits per heavy atom. The van der Waals surface area contributed by atoms with Crippen molar-refractivity contribution in [1.82, 2.24) is 0 Å². The van der Waals surface area contributed by atoms with E-state index >= 15 is 0 Å². The Labute approximate surface area is 65.8 Å². The Kier molecular flexibility index (Phi) is 4.73. The smallest absolute Gasteiger partial charge is 0.354 e. The molecule has 0 heterocycles. The standard InChI is InChI=1S/C8H11NO2/c1-3-5-6-7(8(10)11)9-4-2/h3-6H,1-2H3,(H,10,11)/b5-3-,7-6-,9-4?. The van der Waals surface area contributed by atoms with E-state index in [0.717, 1.165) is 0 Å². The molecule has 0 fully saturated rings. The third kappa shape index (κ3) is 4.08. The summed E-state index contributed by atoms with van der Waals surface area (Å²) in [4.78, 5) is 14.0. The zero-order valence-electron chi connectivity index (χ0n) is 6.61. The molecule has 3 heteroatoms. The van der Waals surface area contributed by atoms with Crippen molar-refractivity contribution in [3.05, 3.63) is 23.9 Å². The molecule has 0 saturated heterocycles. The molecular weight excluding hydrogens is 142 g/mol. The summed E-state index contributed by atoms with van der Waals surface area (Å²) in [5, 5.41) is 8.52. The largest absolute Gasteiger partial charge is 0.477 e. The van der Waals surface area contributed by atoms with Crippen LogP contribution in [0.2, 0.25) is 0 Å². The molecule has 0 unspecified atom stereocenters. The van der Waals surface area contributed by atoms with Gasteiger partial charge in [0.25, 0.3) is 0 Å². The van der Waals surface area contributed by atoms with Crippen molar-refractivity contribution in [1.29, 1.82) is 0 Å². The van der Waals surface area contributed by atoms with Crippen molar-refractivity contribution in [2.24, 2.45) is 4.99 Å². The molecule has 0 aliphatic rings. The second kappa shape index (κ2) is 5.41. The van der Waals surface area contributed by atoms with Crippen LogP contribution in [0.25, 0.3) is 0 Å². The van der Waals surface area contributed by atoms with E-state index in [4.69, 9.17) is 5.11 Å². The van der Waals surface area contributed by atoms with E-state index in [1.807, 2.05) is 6.92 Å². The van der Waals surface area contributed by atoms with Crippen LogP contribution in [0.3, 0.4) is 0 Å². The Hall–Kier alpha value is -1.38. The molecular formula is C8H11NO2. The number of hydrogen-bond donors (Lipinski definition) is 1. The zero-order chi connectivity index (χ0) is 8.69. The quantitative estimate of drug-likeness (QED) is 0.380. The van der Waals surface area contributed by atoms with E-state index in [9.17, 15) is 4.79 Å². The summed E-state index contributed by atoms with van der Waals surface area (Å²) in [6.45, 7) is 3.48. The highest BCUT2D eigenvalue weighted by atomic mass is 16.4. The molecule has 0 aliphatic heterocycles. The maximum atomic E-state index is 10.4. The molecule has 0 bridgehead atoms. The lowest BCUT2D eigenvalue weighted by Crippen LogP contribution is -1.96. The SMILES string of the molecule is CC=N/C(=C\C=C/C)C(=O)O. The fourth-order valence-electron chi connectivity index (χ4n) is 0.496. The first-order valence-corrected chi connectivity index (χ1v) is 3.27. The minimum atomic E-state index is -1.01. The molecule has 0 aromatic carbocycles. The summed E-state index contributed by atoms with van der Waals surface area (Å²) in [7, 11) is 0. The first-order valence-electron chi connectivity index (χ1n) is 3.27. The van der Waals surface area contributed by atoms with Crippen LogP contribution >= 0.6 is 0 Å². The summed E-state index contributed by atoms with van der Waals surface area (Å²) in [5.41, 5.74) is 0.0469. The van der Waals surface area contributed by atoms with E-state index in [0.29, 0.717) is 0 Å². The van der Waals surface area contributed by atoms with Gasteiger partial charge in [-0.25, -0.2) is 4.79 Å². The maximum absolute atomic E-state index is 10.4. The van der Waals surface area contributed by atoms with E-state index in [1.165, 1.54) is 12.3 Å². The normalized spacial score (nSPS) is 13.1. The molecule has 0 amide bonds. The number of allylic oxidation sites excluding steroid dienone is 3. The van der Waals surface area contributed by atoms with Gasteiger partial charge in [0.15, 0.2) is 0 Å². The van der Waals surface area contributed by atoms with Crippen LogP contribution in [-0.4, -0.2) is 17.3 Å². The molecule has 11 heavy (non-hydrogen) atoms. The number of carboxylic acids is 1. The van der Waals surface area contributed by atoms with Gasteiger partial charge in [0.2, 0.25) is 0 Å². The van der Waals surface area contributed by atoms with E-state index in [-0.39, 0.29) is 5.70 Å². The van der Waals surface area contributed by atoms with Gasteiger partial charge in [0, 0.05) is 6.21 Å². The monoisotopic (exact) mass is 153 g/mol. The third-order valence-electron chi connectivity index (χ3n) is 0.934. The second-order valence-corrected chi connectivity index (χ2v) is 1.77. The van der Waals surface area contributed by atoms with Crippen molar-refractivity contribution in [2.75, 3.05) is 0 Å². The predicted octanol–water partition coefficient (Wildman–Crippen LogP) is 1.62. The summed E-state index contributed by atoms with van der Waals surface area (Å²) < 4.78 is 0. The average Bonchev–Trinajstić information content (AvgIpc) is 1.97. The minimum absolute atomic E-state index is 0.0469. The summed E-state index contributed by atoms with van der Waals surface area (Å²) in [6, 6.07) is 0. The summed E-state index contributed by atoms with van der Waals surface area (Å²) >= 11 is 0. The van der Waals surface area contributed by atoms with Crippen LogP contribution < -0.4 is 0 Å². The third-order valence-corrected chi connectivity index (χ3v) is 0.934. The first-order chi connectivity index (χ1) is 5.22. The Morgan fingerprint density at radius 2 is 2.09 bits per heavy atom. The number of nitrogens with zero attached hydrogens (tertiary/aromatic N) is 1. The van der Waals surface area contributed by atoms with Crippen LogP contribution in [0.4, 0.5) is 0 Å². The molecule has 0 atom stereocenters. The van der Waals surface area contributed by atoms with Crippen molar-refractivity contribution in [2.45, 2.75) is 13.8 Å². The van der Waals surface area contributed by atoms with Gasteiger partial charge in [-0.1, -0.05) is 12.2 Å². The van der Waals surface area contributed by atoms with E-state index < -0.39 is 5.97 Å². The van der Waals surface area contributed by atoms with Crippen LogP contribution in [0.1, 0.15) is 13.8 Å². The molecule has 0 aromatic rings. The topological polar surface area (TPSA) is 49.7 Å². The molecule has 1 N–H and O–H groups in total. The lowest BCUT2D eigenvalue weighted by atomic mass is 10.4. The first kappa shape index (κ1) is 9.62. The Bertz CT molecular complexity index is 214. The van der Waals surface area contributed by atoms with Gasteiger partial charge in [-0.3, -0.25) is 4.99 Å². The van der Waals surface area contributed by atoms with E-state index in [2.05, 4.69) is 4.99 Å². The highest BCUT2D eigenvalue weighted by Crippen LogP contribution is 1.95. The van der Waals surface area contributed by atoms with Crippen molar-refractivity contribution in [3.63, 3.8) is 0 Å². The predicted molar refractivity (Wildman–Crippen MR) is 44.7 cm³/mol. The fourth-order valence-corrected chi connectivity index (χ4v) is 0.496. The van der Waals surface area contributed by atoms with Crippen molar-refractivity contribution >= 4 is 12.2 Å². The number of aliphatic carboxylic acids is 1. The van der Waals surface area contributed by atoms with E-state index in [1.54, 1.807) is 19.1 Å². The molecule has 0 saturated carbocycles. The van der Waals surface area contributed by atoms with Gasteiger partial charge >= 0.3 is 5.97 Å². The van der Waals surface area contributed by atoms with Gasteiger partial charge in [-0.2, -0.15) is 0 Å². The fraction of sp³-hybridized carbons (Fsp3) is 0.250. The van der Waals surface area contributed by atoms with Gasteiger partial charge in [0.1, 0.15) is 5.70 Å². The van der Waals surface area contributed by atoms with Gasteiger partial charge in [-0.15, -0.1) is 0 Å². The zero-order valence-corrected chi connectivity index (χ0v) is 6.61. The highest BCUT2D eigenvalue weighted by Gasteiger charge is 2.00. The lowest BCUT2D eigenvalue weighted by Gasteiger charge is -1.89. The number of hydrogen-bond acceptors (Lipinski definition) is 2. The number of carbonyl (C=O) groups is 1. The highest BCUT2D eigenvalue weighted by molar-refractivity contribution is 5.88. The van der Waals surface area contributed by atoms with Gasteiger partial charge in [0.05, 0.1) is 0 Å². The molecule has 0 spiro atoms. The molecule has 0 radical (unpaired) electrons.